The monoisotopic (exact) mass is 1110 g/mol. The van der Waals surface area contributed by atoms with Crippen molar-refractivity contribution >= 4 is 11.9 Å². The number of nitrogens with one attached hydrogen (secondary N) is 1. The number of carbonyl (C=O) groups excluding carboxylic acids is 2. The Labute approximate surface area is 495 Å². The SMILES string of the molecule is CCCCCC/C=C\CCCCCCCC(=O)OCCCCCCCCCCCCCCCCCCCCCCCCCCCCCCCCCCCC(=O)NC(CO)C(O)CCCCCCCCCCCCCCCCCC. The third-order valence-electron chi connectivity index (χ3n) is 17.3. The highest BCUT2D eigenvalue weighted by Crippen LogP contribution is 2.20. The summed E-state index contributed by atoms with van der Waals surface area (Å²) in [5.41, 5.74) is 0. The molecule has 0 bridgehead atoms. The van der Waals surface area contributed by atoms with E-state index in [0.717, 1.165) is 44.9 Å². The minimum atomic E-state index is -0.660. The third kappa shape index (κ3) is 65.6. The van der Waals surface area contributed by atoms with E-state index in [-0.39, 0.29) is 18.5 Å². The van der Waals surface area contributed by atoms with Crippen LogP contribution in [-0.4, -0.2) is 47.4 Å². The summed E-state index contributed by atoms with van der Waals surface area (Å²) >= 11 is 0. The van der Waals surface area contributed by atoms with Gasteiger partial charge in [-0.3, -0.25) is 9.59 Å². The molecule has 2 unspecified atom stereocenters. The highest BCUT2D eigenvalue weighted by molar-refractivity contribution is 5.76. The number of allylic oxidation sites excluding steroid dienone is 2. The number of aliphatic hydroxyl groups excluding tert-OH is 2. The first-order chi connectivity index (χ1) is 39.0. The second kappa shape index (κ2) is 69.1. The molecule has 0 aromatic heterocycles. The van der Waals surface area contributed by atoms with Crippen LogP contribution in [0.1, 0.15) is 418 Å². The summed E-state index contributed by atoms with van der Waals surface area (Å²) in [6, 6.07) is -0.537. The summed E-state index contributed by atoms with van der Waals surface area (Å²) in [6.45, 7) is 4.98. The van der Waals surface area contributed by atoms with Crippen molar-refractivity contribution in [3.63, 3.8) is 0 Å². The van der Waals surface area contributed by atoms with Gasteiger partial charge in [0.05, 0.1) is 25.4 Å². The molecule has 0 aliphatic heterocycles. The Balaban J connectivity index is 3.31. The molecule has 6 heteroatoms. The molecule has 0 aromatic carbocycles. The lowest BCUT2D eigenvalue weighted by atomic mass is 10.0. The molecule has 1 amide bonds. The van der Waals surface area contributed by atoms with E-state index < -0.39 is 12.1 Å². The minimum Gasteiger partial charge on any atom is -0.466 e. The molecular formula is C73H143NO5. The maximum absolute atomic E-state index is 12.5. The standard InChI is InChI=1S/C73H143NO5/c1-3-5-7-9-11-13-15-17-18-38-42-45-49-53-57-61-65-71(76)70(69-75)74-72(77)66-62-58-54-50-46-43-39-36-34-32-30-28-26-24-22-20-19-21-23-25-27-29-31-33-35-37-40-44-48-52-56-60-64-68-79-73(78)67-63-59-55-51-47-41-16-14-12-10-8-6-4-2/h14,16,70-71,75-76H,3-13,15,17-69H2,1-2H3,(H,74,77)/b16-14-. The van der Waals surface area contributed by atoms with Crippen molar-refractivity contribution in [1.82, 2.24) is 5.32 Å². The minimum absolute atomic E-state index is 0.0133. The topological polar surface area (TPSA) is 95.9 Å². The van der Waals surface area contributed by atoms with Gasteiger partial charge in [-0.2, -0.15) is 0 Å². The smallest absolute Gasteiger partial charge is 0.305 e. The van der Waals surface area contributed by atoms with Crippen molar-refractivity contribution < 1.29 is 24.5 Å². The third-order valence-corrected chi connectivity index (χ3v) is 17.3. The van der Waals surface area contributed by atoms with Gasteiger partial charge in [0.25, 0.3) is 0 Å². The van der Waals surface area contributed by atoms with Crippen LogP contribution in [0, 0.1) is 0 Å². The zero-order valence-electron chi connectivity index (χ0n) is 53.9. The van der Waals surface area contributed by atoms with E-state index in [4.69, 9.17) is 4.74 Å². The molecule has 0 fully saturated rings. The van der Waals surface area contributed by atoms with E-state index in [9.17, 15) is 19.8 Å². The van der Waals surface area contributed by atoms with Crippen LogP contribution >= 0.6 is 0 Å². The largest absolute Gasteiger partial charge is 0.466 e. The van der Waals surface area contributed by atoms with E-state index in [2.05, 4.69) is 31.3 Å². The number of amides is 1. The molecule has 0 saturated carbocycles. The van der Waals surface area contributed by atoms with Crippen molar-refractivity contribution in [3.8, 4) is 0 Å². The number of aliphatic hydroxyl groups is 2. The van der Waals surface area contributed by atoms with Gasteiger partial charge in [0, 0.05) is 12.8 Å². The average Bonchev–Trinajstić information content (AvgIpc) is 3.45. The predicted molar refractivity (Wildman–Crippen MR) is 347 cm³/mol. The van der Waals surface area contributed by atoms with E-state index in [1.165, 1.54) is 340 Å². The molecule has 470 valence electrons. The number of esters is 1. The molecule has 3 N–H and O–H groups in total. The summed E-state index contributed by atoms with van der Waals surface area (Å²) in [4.78, 5) is 24.6. The fourth-order valence-electron chi connectivity index (χ4n) is 11.8. The molecule has 0 radical (unpaired) electrons. The molecular weight excluding hydrogens is 971 g/mol. The van der Waals surface area contributed by atoms with E-state index >= 15 is 0 Å². The number of hydrogen-bond donors (Lipinski definition) is 3. The second-order valence-corrected chi connectivity index (χ2v) is 25.3. The Hall–Kier alpha value is -1.40. The number of carbonyl (C=O) groups is 2. The van der Waals surface area contributed by atoms with Crippen LogP contribution in [0.3, 0.4) is 0 Å². The molecule has 2 atom stereocenters. The van der Waals surface area contributed by atoms with Crippen LogP contribution in [-0.2, 0) is 14.3 Å². The normalized spacial score (nSPS) is 12.5. The van der Waals surface area contributed by atoms with Crippen molar-refractivity contribution in [2.24, 2.45) is 0 Å². The van der Waals surface area contributed by atoms with Crippen LogP contribution in [0.4, 0.5) is 0 Å². The second-order valence-electron chi connectivity index (χ2n) is 25.3. The summed E-state index contributed by atoms with van der Waals surface area (Å²) in [5.74, 6) is -0.0130. The highest BCUT2D eigenvalue weighted by atomic mass is 16.5. The lowest BCUT2D eigenvalue weighted by Gasteiger charge is -2.22. The lowest BCUT2D eigenvalue weighted by Crippen LogP contribution is -2.45. The maximum atomic E-state index is 12.5. The van der Waals surface area contributed by atoms with Crippen molar-refractivity contribution in [1.29, 1.82) is 0 Å². The lowest BCUT2D eigenvalue weighted by molar-refractivity contribution is -0.143. The summed E-state index contributed by atoms with van der Waals surface area (Å²) in [5, 5.41) is 23.4. The molecule has 0 heterocycles. The zero-order chi connectivity index (χ0) is 57.1. The van der Waals surface area contributed by atoms with E-state index in [1.807, 2.05) is 0 Å². The number of hydrogen-bond acceptors (Lipinski definition) is 5. The van der Waals surface area contributed by atoms with Gasteiger partial charge in [-0.05, 0) is 51.4 Å². The van der Waals surface area contributed by atoms with Crippen LogP contribution in [0.5, 0.6) is 0 Å². The number of unbranched alkanes of at least 4 members (excludes halogenated alkanes) is 56. The molecule has 0 saturated heterocycles. The van der Waals surface area contributed by atoms with E-state index in [0.29, 0.717) is 25.9 Å². The van der Waals surface area contributed by atoms with E-state index in [1.54, 1.807) is 0 Å². The first-order valence-corrected chi connectivity index (χ1v) is 36.4. The Kier molecular flexibility index (Phi) is 67.9. The Morgan fingerprint density at radius 2 is 0.595 bits per heavy atom. The molecule has 0 aliphatic carbocycles. The number of ether oxygens (including phenoxy) is 1. The van der Waals surface area contributed by atoms with Gasteiger partial charge in [-0.15, -0.1) is 0 Å². The first kappa shape index (κ1) is 77.6. The van der Waals surface area contributed by atoms with Crippen molar-refractivity contribution in [2.45, 2.75) is 431 Å². The van der Waals surface area contributed by atoms with Crippen LogP contribution < -0.4 is 5.32 Å². The molecule has 0 aromatic rings. The Morgan fingerprint density at radius 1 is 0.342 bits per heavy atom. The molecule has 6 nitrogen and oxygen atoms in total. The molecule has 0 rings (SSSR count). The van der Waals surface area contributed by atoms with Gasteiger partial charge in [0.2, 0.25) is 5.91 Å². The molecule has 0 aliphatic rings. The van der Waals surface area contributed by atoms with Gasteiger partial charge >= 0.3 is 5.97 Å². The fraction of sp³-hybridized carbons (Fsp3) is 0.945. The van der Waals surface area contributed by atoms with Crippen LogP contribution in [0.2, 0.25) is 0 Å². The van der Waals surface area contributed by atoms with Crippen LogP contribution in [0.15, 0.2) is 12.2 Å². The van der Waals surface area contributed by atoms with Gasteiger partial charge in [0.1, 0.15) is 0 Å². The average molecular weight is 1110 g/mol. The fourth-order valence-corrected chi connectivity index (χ4v) is 11.8. The summed E-state index contributed by atoms with van der Waals surface area (Å²) < 4.78 is 5.48. The maximum Gasteiger partial charge on any atom is 0.305 e. The van der Waals surface area contributed by atoms with Gasteiger partial charge < -0.3 is 20.3 Å². The predicted octanol–water partition coefficient (Wildman–Crippen LogP) is 23.5. The van der Waals surface area contributed by atoms with Gasteiger partial charge in [-0.1, -0.05) is 366 Å². The van der Waals surface area contributed by atoms with Crippen molar-refractivity contribution in [3.05, 3.63) is 12.2 Å². The van der Waals surface area contributed by atoms with Gasteiger partial charge in [-0.25, -0.2) is 0 Å². The summed E-state index contributed by atoms with van der Waals surface area (Å²) in [6.07, 6.45) is 85.7. The van der Waals surface area contributed by atoms with Crippen molar-refractivity contribution in [2.75, 3.05) is 13.2 Å². The Bertz CT molecular complexity index is 1190. The quantitative estimate of drug-likeness (QED) is 0.0320. The number of rotatable bonds is 69. The first-order valence-electron chi connectivity index (χ1n) is 36.4. The highest BCUT2D eigenvalue weighted by Gasteiger charge is 2.20. The molecule has 0 spiro atoms. The van der Waals surface area contributed by atoms with Crippen LogP contribution in [0.25, 0.3) is 0 Å². The van der Waals surface area contributed by atoms with Gasteiger partial charge in [0.15, 0.2) is 0 Å². The molecule has 79 heavy (non-hydrogen) atoms. The zero-order valence-corrected chi connectivity index (χ0v) is 53.9. The Morgan fingerprint density at radius 3 is 0.911 bits per heavy atom. The summed E-state index contributed by atoms with van der Waals surface area (Å²) in [7, 11) is 0.